The van der Waals surface area contributed by atoms with Gasteiger partial charge in [-0.05, 0) is 49.2 Å². The Morgan fingerprint density at radius 1 is 0.969 bits per heavy atom. The zero-order valence-electron chi connectivity index (χ0n) is 18.5. The molecule has 0 bridgehead atoms. The van der Waals surface area contributed by atoms with Crippen LogP contribution in [0.4, 0.5) is 5.69 Å². The van der Waals surface area contributed by atoms with Crippen LogP contribution >= 0.6 is 0 Å². The van der Waals surface area contributed by atoms with E-state index in [2.05, 4.69) is 5.32 Å². The van der Waals surface area contributed by atoms with Crippen LogP contribution in [0.5, 0.6) is 5.75 Å². The highest BCUT2D eigenvalue weighted by atomic mass is 32.2. The largest absolute Gasteiger partial charge is 0.496 e. The molecule has 0 saturated carbocycles. The second kappa shape index (κ2) is 10.3. The predicted octanol–water partition coefficient (Wildman–Crippen LogP) is 4.08. The molecule has 32 heavy (non-hydrogen) atoms. The van der Waals surface area contributed by atoms with Crippen LogP contribution in [0.1, 0.15) is 23.6 Å². The molecule has 6 nitrogen and oxygen atoms in total. The van der Waals surface area contributed by atoms with Gasteiger partial charge in [0.2, 0.25) is 5.91 Å². The van der Waals surface area contributed by atoms with Crippen LogP contribution in [0.3, 0.4) is 0 Å². The van der Waals surface area contributed by atoms with Gasteiger partial charge in [0, 0.05) is 12.1 Å². The van der Waals surface area contributed by atoms with E-state index in [9.17, 15) is 13.2 Å². The van der Waals surface area contributed by atoms with Crippen molar-refractivity contribution in [2.75, 3.05) is 18.0 Å². The molecule has 0 aliphatic carbocycles. The van der Waals surface area contributed by atoms with Crippen molar-refractivity contribution < 1.29 is 17.9 Å². The third-order valence-corrected chi connectivity index (χ3v) is 6.99. The normalized spacial score (nSPS) is 11.1. The van der Waals surface area contributed by atoms with E-state index in [1.54, 1.807) is 43.5 Å². The molecule has 1 amide bonds. The van der Waals surface area contributed by atoms with E-state index in [-0.39, 0.29) is 18.0 Å². The molecule has 3 aromatic rings. The van der Waals surface area contributed by atoms with Crippen molar-refractivity contribution in [3.8, 4) is 5.75 Å². The summed E-state index contributed by atoms with van der Waals surface area (Å²) in [6.45, 7) is 3.82. The summed E-state index contributed by atoms with van der Waals surface area (Å²) in [7, 11) is -2.37. The number of rotatable bonds is 9. The lowest BCUT2D eigenvalue weighted by Gasteiger charge is -2.24. The molecule has 0 spiro atoms. The lowest BCUT2D eigenvalue weighted by atomic mass is 10.1. The van der Waals surface area contributed by atoms with E-state index in [1.165, 1.54) is 0 Å². The number of hydrogen-bond acceptors (Lipinski definition) is 4. The van der Waals surface area contributed by atoms with Crippen molar-refractivity contribution in [3.05, 3.63) is 89.5 Å². The van der Waals surface area contributed by atoms with Gasteiger partial charge in [-0.2, -0.15) is 0 Å². The molecule has 1 N–H and O–H groups in total. The second-order valence-electron chi connectivity index (χ2n) is 7.43. The molecule has 0 heterocycles. The quantitative estimate of drug-likeness (QED) is 0.531. The van der Waals surface area contributed by atoms with E-state index < -0.39 is 15.9 Å². The minimum absolute atomic E-state index is 0.139. The summed E-state index contributed by atoms with van der Waals surface area (Å²) in [6.07, 6.45) is 0.838. The van der Waals surface area contributed by atoms with Gasteiger partial charge in [-0.3, -0.25) is 9.10 Å². The van der Waals surface area contributed by atoms with Crippen molar-refractivity contribution >= 4 is 21.6 Å². The fraction of sp³-hybridized carbons (Fsp3) is 0.240. The summed E-state index contributed by atoms with van der Waals surface area (Å²) in [5.74, 6) is 0.248. The van der Waals surface area contributed by atoms with Crippen molar-refractivity contribution in [3.63, 3.8) is 0 Å². The van der Waals surface area contributed by atoms with E-state index in [1.807, 2.05) is 50.2 Å². The summed E-state index contributed by atoms with van der Waals surface area (Å²) in [6, 6.07) is 21.2. The summed E-state index contributed by atoms with van der Waals surface area (Å²) in [5.41, 5.74) is 3.29. The number of aryl methyl sites for hydroxylation is 2. The van der Waals surface area contributed by atoms with Crippen molar-refractivity contribution in [2.45, 2.75) is 31.7 Å². The van der Waals surface area contributed by atoms with E-state index in [0.717, 1.165) is 27.4 Å². The number of benzene rings is 3. The summed E-state index contributed by atoms with van der Waals surface area (Å²) in [5, 5.41) is 2.80. The van der Waals surface area contributed by atoms with Crippen molar-refractivity contribution in [2.24, 2.45) is 0 Å². The Morgan fingerprint density at radius 3 is 2.25 bits per heavy atom. The maximum absolute atomic E-state index is 13.4. The monoisotopic (exact) mass is 452 g/mol. The highest BCUT2D eigenvalue weighted by Gasteiger charge is 2.27. The summed E-state index contributed by atoms with van der Waals surface area (Å²) < 4.78 is 33.3. The molecule has 168 valence electrons. The summed E-state index contributed by atoms with van der Waals surface area (Å²) >= 11 is 0. The Hall–Kier alpha value is -3.32. The number of methoxy groups -OCH3 is 1. The maximum atomic E-state index is 13.4. The van der Waals surface area contributed by atoms with E-state index in [4.69, 9.17) is 4.74 Å². The second-order valence-corrected chi connectivity index (χ2v) is 9.30. The first-order chi connectivity index (χ1) is 15.3. The molecule has 0 aromatic heterocycles. The Morgan fingerprint density at radius 2 is 1.62 bits per heavy atom. The highest BCUT2D eigenvalue weighted by molar-refractivity contribution is 7.92. The fourth-order valence-corrected chi connectivity index (χ4v) is 4.70. The van der Waals surface area contributed by atoms with Gasteiger partial charge in [0.15, 0.2) is 0 Å². The standard InChI is InChI=1S/C25H28N2O4S/c1-4-20-11-13-22(14-12-20)27(32(29,30)23-15-9-19(2)10-16-23)18-25(28)26-17-21-7-5-6-8-24(21)31-3/h5-16H,4,17-18H2,1-3H3,(H,26,28). The van der Waals surface area contributed by atoms with E-state index >= 15 is 0 Å². The molecule has 0 saturated heterocycles. The van der Waals surface area contributed by atoms with Crippen molar-refractivity contribution in [1.29, 1.82) is 0 Å². The average molecular weight is 453 g/mol. The Kier molecular flexibility index (Phi) is 7.53. The van der Waals surface area contributed by atoms with Gasteiger partial charge >= 0.3 is 0 Å². The molecule has 7 heteroatoms. The van der Waals surface area contributed by atoms with Crippen LogP contribution in [0, 0.1) is 6.92 Å². The topological polar surface area (TPSA) is 75.7 Å². The summed E-state index contributed by atoms with van der Waals surface area (Å²) in [4.78, 5) is 12.9. The predicted molar refractivity (Wildman–Crippen MR) is 126 cm³/mol. The molecule has 0 aliphatic heterocycles. The molecule has 0 fully saturated rings. The molecular weight excluding hydrogens is 424 g/mol. The maximum Gasteiger partial charge on any atom is 0.264 e. The number of amides is 1. The van der Waals surface area contributed by atoms with Crippen molar-refractivity contribution in [1.82, 2.24) is 5.32 Å². The highest BCUT2D eigenvalue weighted by Crippen LogP contribution is 2.25. The van der Waals surface area contributed by atoms with Crippen LogP contribution in [-0.4, -0.2) is 28.0 Å². The van der Waals surface area contributed by atoms with E-state index in [0.29, 0.717) is 11.4 Å². The average Bonchev–Trinajstić information content (AvgIpc) is 2.81. The zero-order valence-corrected chi connectivity index (χ0v) is 19.4. The van der Waals surface area contributed by atoms with Crippen LogP contribution in [0.25, 0.3) is 0 Å². The molecule has 0 aliphatic rings. The van der Waals surface area contributed by atoms with Gasteiger partial charge < -0.3 is 10.1 Å². The molecular formula is C25H28N2O4S. The molecule has 0 radical (unpaired) electrons. The smallest absolute Gasteiger partial charge is 0.264 e. The van der Waals surface area contributed by atoms with Gasteiger partial charge in [-0.15, -0.1) is 0 Å². The third kappa shape index (κ3) is 5.48. The lowest BCUT2D eigenvalue weighted by molar-refractivity contribution is -0.119. The van der Waals surface area contributed by atoms with Crippen LogP contribution in [0.15, 0.2) is 77.7 Å². The van der Waals surface area contributed by atoms with Crippen LogP contribution in [0.2, 0.25) is 0 Å². The number of nitrogens with one attached hydrogen (secondary N) is 1. The van der Waals surface area contributed by atoms with Gasteiger partial charge in [-0.25, -0.2) is 8.42 Å². The molecule has 0 atom stereocenters. The number of carbonyl (C=O) groups is 1. The minimum Gasteiger partial charge on any atom is -0.496 e. The first-order valence-corrected chi connectivity index (χ1v) is 11.9. The Labute approximate surface area is 189 Å². The third-order valence-electron chi connectivity index (χ3n) is 5.20. The number of para-hydroxylation sites is 1. The lowest BCUT2D eigenvalue weighted by Crippen LogP contribution is -2.40. The Bertz CT molecular complexity index is 1160. The minimum atomic E-state index is -3.93. The van der Waals surface area contributed by atoms with Gasteiger partial charge in [0.05, 0.1) is 17.7 Å². The number of hydrogen-bond donors (Lipinski definition) is 1. The molecule has 3 aromatic carbocycles. The zero-order chi connectivity index (χ0) is 23.1. The Balaban J connectivity index is 1.86. The number of nitrogens with zero attached hydrogens (tertiary/aromatic N) is 1. The SMILES string of the molecule is CCc1ccc(N(CC(=O)NCc2ccccc2OC)S(=O)(=O)c2ccc(C)cc2)cc1. The van der Waals surface area contributed by atoms with Crippen LogP contribution in [-0.2, 0) is 27.8 Å². The number of sulfonamides is 1. The van der Waals surface area contributed by atoms with Gasteiger partial charge in [0.25, 0.3) is 10.0 Å². The molecule has 0 unspecified atom stereocenters. The number of ether oxygens (including phenoxy) is 1. The van der Waals surface area contributed by atoms with Crippen LogP contribution < -0.4 is 14.4 Å². The fourth-order valence-electron chi connectivity index (χ4n) is 3.28. The van der Waals surface area contributed by atoms with Gasteiger partial charge in [-0.1, -0.05) is 55.0 Å². The first kappa shape index (κ1) is 23.3. The number of carbonyl (C=O) groups excluding carboxylic acids is 1. The molecule has 3 rings (SSSR count). The first-order valence-electron chi connectivity index (χ1n) is 10.4. The number of anilines is 1. The van der Waals surface area contributed by atoms with Gasteiger partial charge in [0.1, 0.15) is 12.3 Å².